The van der Waals surface area contributed by atoms with E-state index in [-0.39, 0.29) is 5.91 Å². The van der Waals surface area contributed by atoms with Gasteiger partial charge < -0.3 is 19.9 Å². The minimum absolute atomic E-state index is 0.137. The number of carbonyl (C=O) groups excluding carboxylic acids is 1. The molecule has 2 fully saturated rings. The van der Waals surface area contributed by atoms with Crippen LogP contribution in [0.5, 0.6) is 0 Å². The number of piperidine rings is 1. The summed E-state index contributed by atoms with van der Waals surface area (Å²) in [5.41, 5.74) is 3.56. The van der Waals surface area contributed by atoms with Gasteiger partial charge in [0.05, 0.1) is 30.7 Å². The van der Waals surface area contributed by atoms with Crippen molar-refractivity contribution in [2.75, 3.05) is 54.5 Å². The Morgan fingerprint density at radius 3 is 2.39 bits per heavy atom. The Labute approximate surface area is 166 Å². The van der Waals surface area contributed by atoms with Gasteiger partial charge in [0, 0.05) is 43.8 Å². The number of rotatable bonds is 4. The number of amides is 1. The summed E-state index contributed by atoms with van der Waals surface area (Å²) < 4.78 is 5.39. The maximum Gasteiger partial charge on any atom is 0.257 e. The predicted molar refractivity (Wildman–Crippen MR) is 112 cm³/mol. The number of hydrogen-bond donors (Lipinski definition) is 1. The molecule has 0 radical (unpaired) electrons. The van der Waals surface area contributed by atoms with Gasteiger partial charge in [0.25, 0.3) is 5.91 Å². The fourth-order valence-electron chi connectivity index (χ4n) is 3.77. The van der Waals surface area contributed by atoms with Crippen molar-refractivity contribution in [2.45, 2.75) is 19.8 Å². The van der Waals surface area contributed by atoms with Gasteiger partial charge >= 0.3 is 0 Å². The molecule has 28 heavy (non-hydrogen) atoms. The van der Waals surface area contributed by atoms with Crippen molar-refractivity contribution in [1.29, 1.82) is 0 Å². The summed E-state index contributed by atoms with van der Waals surface area (Å²) >= 11 is 0. The van der Waals surface area contributed by atoms with Crippen molar-refractivity contribution in [1.82, 2.24) is 4.98 Å². The molecule has 4 rings (SSSR count). The summed E-state index contributed by atoms with van der Waals surface area (Å²) in [5.74, 6) is 0.679. The molecule has 0 aliphatic carbocycles. The summed E-state index contributed by atoms with van der Waals surface area (Å²) in [6, 6.07) is 10.0. The first-order chi connectivity index (χ1) is 13.7. The Kier molecular flexibility index (Phi) is 5.76. The lowest BCUT2D eigenvalue weighted by Crippen LogP contribution is -2.36. The standard InChI is InChI=1S/C22H28N4O2/c1-17-6-8-25(9-7-17)20-4-2-19(3-5-20)24-22(27)18-14-21(16-23-15-18)26-10-12-28-13-11-26/h2-5,14-17H,6-13H2,1H3,(H,24,27). The quantitative estimate of drug-likeness (QED) is 0.881. The Hall–Kier alpha value is -2.60. The first-order valence-electron chi connectivity index (χ1n) is 10.1. The lowest BCUT2D eigenvalue weighted by Gasteiger charge is -2.32. The molecular weight excluding hydrogens is 352 g/mol. The number of ether oxygens (including phenoxy) is 1. The Morgan fingerprint density at radius 2 is 1.68 bits per heavy atom. The average molecular weight is 380 g/mol. The molecule has 0 unspecified atom stereocenters. The van der Waals surface area contributed by atoms with Crippen LogP contribution >= 0.6 is 0 Å². The zero-order valence-electron chi connectivity index (χ0n) is 16.4. The van der Waals surface area contributed by atoms with E-state index < -0.39 is 0 Å². The van der Waals surface area contributed by atoms with Crippen molar-refractivity contribution in [3.63, 3.8) is 0 Å². The molecule has 0 bridgehead atoms. The van der Waals surface area contributed by atoms with Crippen molar-refractivity contribution in [3.8, 4) is 0 Å². The fourth-order valence-corrected chi connectivity index (χ4v) is 3.77. The van der Waals surface area contributed by atoms with Crippen LogP contribution in [0.1, 0.15) is 30.1 Å². The van der Waals surface area contributed by atoms with Gasteiger partial charge in [0.15, 0.2) is 0 Å². The number of hydrogen-bond acceptors (Lipinski definition) is 5. The Morgan fingerprint density at radius 1 is 1.00 bits per heavy atom. The third kappa shape index (κ3) is 4.44. The molecule has 1 aromatic heterocycles. The van der Waals surface area contributed by atoms with Crippen molar-refractivity contribution in [3.05, 3.63) is 48.3 Å². The summed E-state index contributed by atoms with van der Waals surface area (Å²) in [6.07, 6.45) is 5.90. The molecule has 1 amide bonds. The van der Waals surface area contributed by atoms with E-state index in [9.17, 15) is 4.79 Å². The number of aromatic nitrogens is 1. The number of pyridine rings is 1. The molecule has 6 nitrogen and oxygen atoms in total. The second-order valence-corrected chi connectivity index (χ2v) is 7.70. The monoisotopic (exact) mass is 380 g/mol. The van der Waals surface area contributed by atoms with Crippen molar-refractivity contribution >= 4 is 23.0 Å². The van der Waals surface area contributed by atoms with Crippen LogP contribution in [0.15, 0.2) is 42.7 Å². The number of benzene rings is 1. The van der Waals surface area contributed by atoms with Crippen LogP contribution in [-0.4, -0.2) is 50.3 Å². The van der Waals surface area contributed by atoms with Gasteiger partial charge in [-0.1, -0.05) is 6.92 Å². The van der Waals surface area contributed by atoms with Crippen LogP contribution in [0, 0.1) is 5.92 Å². The molecule has 2 aromatic rings. The molecule has 2 saturated heterocycles. The SMILES string of the molecule is CC1CCN(c2ccc(NC(=O)c3cncc(N4CCOCC4)c3)cc2)CC1. The molecule has 2 aliphatic rings. The van der Waals surface area contributed by atoms with Crippen molar-refractivity contribution < 1.29 is 9.53 Å². The van der Waals surface area contributed by atoms with Crippen LogP contribution in [0.2, 0.25) is 0 Å². The predicted octanol–water partition coefficient (Wildman–Crippen LogP) is 3.41. The van der Waals surface area contributed by atoms with E-state index in [1.165, 1.54) is 18.5 Å². The molecule has 1 N–H and O–H groups in total. The van der Waals surface area contributed by atoms with E-state index in [1.54, 1.807) is 12.4 Å². The van der Waals surface area contributed by atoms with Crippen LogP contribution in [0.25, 0.3) is 0 Å². The molecule has 148 valence electrons. The first-order valence-corrected chi connectivity index (χ1v) is 10.1. The van der Waals surface area contributed by atoms with E-state index in [4.69, 9.17) is 4.74 Å². The summed E-state index contributed by atoms with van der Waals surface area (Å²) in [6.45, 7) is 7.59. The summed E-state index contributed by atoms with van der Waals surface area (Å²) in [5, 5.41) is 2.98. The van der Waals surface area contributed by atoms with Crippen LogP contribution in [0.3, 0.4) is 0 Å². The van der Waals surface area contributed by atoms with Gasteiger partial charge in [-0.25, -0.2) is 0 Å². The van der Waals surface area contributed by atoms with Crippen LogP contribution < -0.4 is 15.1 Å². The van der Waals surface area contributed by atoms with Gasteiger partial charge in [-0.2, -0.15) is 0 Å². The van der Waals surface area contributed by atoms with E-state index >= 15 is 0 Å². The first kappa shape index (κ1) is 18.7. The van der Waals surface area contributed by atoms with E-state index in [1.807, 2.05) is 18.2 Å². The van der Waals surface area contributed by atoms with E-state index in [0.717, 1.165) is 43.5 Å². The fraction of sp³-hybridized carbons (Fsp3) is 0.455. The van der Waals surface area contributed by atoms with E-state index in [2.05, 4.69) is 39.2 Å². The number of morpholine rings is 1. The zero-order chi connectivity index (χ0) is 19.3. The highest BCUT2D eigenvalue weighted by Crippen LogP contribution is 2.24. The lowest BCUT2D eigenvalue weighted by atomic mass is 9.99. The average Bonchev–Trinajstić information content (AvgIpc) is 2.76. The highest BCUT2D eigenvalue weighted by atomic mass is 16.5. The minimum atomic E-state index is -0.137. The van der Waals surface area contributed by atoms with Gasteiger partial charge in [-0.3, -0.25) is 9.78 Å². The maximum atomic E-state index is 12.7. The smallest absolute Gasteiger partial charge is 0.257 e. The van der Waals surface area contributed by atoms with Gasteiger partial charge in [0.2, 0.25) is 0 Å². The Balaban J connectivity index is 1.39. The third-order valence-electron chi connectivity index (χ3n) is 5.64. The molecule has 1 aromatic carbocycles. The summed E-state index contributed by atoms with van der Waals surface area (Å²) in [7, 11) is 0. The third-order valence-corrected chi connectivity index (χ3v) is 5.64. The highest BCUT2D eigenvalue weighted by molar-refractivity contribution is 6.04. The highest BCUT2D eigenvalue weighted by Gasteiger charge is 2.17. The molecule has 0 spiro atoms. The van der Waals surface area contributed by atoms with Crippen LogP contribution in [0.4, 0.5) is 17.1 Å². The maximum absolute atomic E-state index is 12.7. The molecule has 0 saturated carbocycles. The van der Waals surface area contributed by atoms with Gasteiger partial charge in [0.1, 0.15) is 0 Å². The molecule has 3 heterocycles. The van der Waals surface area contributed by atoms with Gasteiger partial charge in [-0.05, 0) is 49.1 Å². The zero-order valence-corrected chi connectivity index (χ0v) is 16.4. The Bertz CT molecular complexity index is 794. The molecule has 0 atom stereocenters. The number of nitrogens with one attached hydrogen (secondary N) is 1. The normalized spacial score (nSPS) is 18.2. The largest absolute Gasteiger partial charge is 0.378 e. The number of nitrogens with zero attached hydrogens (tertiary/aromatic N) is 3. The van der Waals surface area contributed by atoms with Gasteiger partial charge in [-0.15, -0.1) is 0 Å². The number of carbonyl (C=O) groups is 1. The second-order valence-electron chi connectivity index (χ2n) is 7.70. The van der Waals surface area contributed by atoms with Crippen molar-refractivity contribution in [2.24, 2.45) is 5.92 Å². The molecular formula is C22H28N4O2. The minimum Gasteiger partial charge on any atom is -0.378 e. The van der Waals surface area contributed by atoms with Crippen LogP contribution in [-0.2, 0) is 4.74 Å². The number of anilines is 3. The summed E-state index contributed by atoms with van der Waals surface area (Å²) in [4.78, 5) is 21.5. The van der Waals surface area contributed by atoms with E-state index in [0.29, 0.717) is 18.8 Å². The second kappa shape index (κ2) is 8.61. The lowest BCUT2D eigenvalue weighted by molar-refractivity contribution is 0.102. The molecule has 6 heteroatoms. The molecule has 2 aliphatic heterocycles. The topological polar surface area (TPSA) is 57.7 Å².